The van der Waals surface area contributed by atoms with Gasteiger partial charge in [-0.05, 0) is 18.2 Å². The van der Waals surface area contributed by atoms with Gasteiger partial charge in [0, 0.05) is 18.8 Å². The second-order valence-electron chi connectivity index (χ2n) is 3.60. The summed E-state index contributed by atoms with van der Waals surface area (Å²) in [6.07, 6.45) is 2.03. The van der Waals surface area contributed by atoms with Crippen molar-refractivity contribution in [3.8, 4) is 17.5 Å². The van der Waals surface area contributed by atoms with E-state index in [9.17, 15) is 0 Å². The van der Waals surface area contributed by atoms with Crippen LogP contribution in [-0.4, -0.2) is 9.55 Å². The lowest BCUT2D eigenvalue weighted by molar-refractivity contribution is 0.864. The van der Waals surface area contributed by atoms with Crippen molar-refractivity contribution in [1.82, 2.24) is 9.55 Å². The van der Waals surface area contributed by atoms with Gasteiger partial charge in [-0.2, -0.15) is 5.26 Å². The average Bonchev–Trinajstić information content (AvgIpc) is 2.66. The number of hydrogen-bond acceptors (Lipinski definition) is 2. The molecule has 17 heavy (non-hydrogen) atoms. The van der Waals surface area contributed by atoms with Crippen molar-refractivity contribution in [2.75, 3.05) is 0 Å². The van der Waals surface area contributed by atoms with Gasteiger partial charge in [0.2, 0.25) is 0 Å². The van der Waals surface area contributed by atoms with E-state index in [-0.39, 0.29) is 0 Å². The Bertz CT molecular complexity index is 596. The Morgan fingerprint density at radius 1 is 1.35 bits per heavy atom. The summed E-state index contributed by atoms with van der Waals surface area (Å²) in [6.45, 7) is 0. The summed E-state index contributed by atoms with van der Waals surface area (Å²) in [4.78, 5) is 4.29. The van der Waals surface area contributed by atoms with Gasteiger partial charge in [0.05, 0.1) is 28.2 Å². The monoisotopic (exact) mass is 265 g/mol. The Kier molecular flexibility index (Phi) is 3.37. The average molecular weight is 266 g/mol. The zero-order chi connectivity index (χ0) is 12.4. The molecular weight excluding hydrogens is 257 g/mol. The lowest BCUT2D eigenvalue weighted by Crippen LogP contribution is -1.97. The molecule has 0 aliphatic heterocycles. The predicted octanol–water partition coefficient (Wildman–Crippen LogP) is 3.46. The van der Waals surface area contributed by atoms with E-state index in [1.165, 1.54) is 0 Å². The third-order valence-corrected chi connectivity index (χ3v) is 3.26. The van der Waals surface area contributed by atoms with Crippen LogP contribution in [0.25, 0.3) is 11.4 Å². The lowest BCUT2D eigenvalue weighted by atomic mass is 10.2. The molecule has 0 aliphatic carbocycles. The number of benzene rings is 1. The van der Waals surface area contributed by atoms with Gasteiger partial charge in [-0.15, -0.1) is 0 Å². The molecule has 0 amide bonds. The molecule has 3 nitrogen and oxygen atoms in total. The highest BCUT2D eigenvalue weighted by molar-refractivity contribution is 6.42. The third kappa shape index (κ3) is 2.28. The molecule has 0 spiro atoms. The van der Waals surface area contributed by atoms with Crippen molar-refractivity contribution in [2.24, 2.45) is 7.05 Å². The van der Waals surface area contributed by atoms with Crippen LogP contribution in [0.2, 0.25) is 10.0 Å². The Balaban J connectivity index is 2.47. The van der Waals surface area contributed by atoms with Crippen LogP contribution in [0, 0.1) is 11.3 Å². The van der Waals surface area contributed by atoms with Crippen LogP contribution < -0.4 is 0 Å². The number of nitrogens with zero attached hydrogens (tertiary/aromatic N) is 3. The first-order valence-electron chi connectivity index (χ1n) is 4.96. The first-order valence-corrected chi connectivity index (χ1v) is 5.72. The lowest BCUT2D eigenvalue weighted by Gasteiger charge is -2.05. The largest absolute Gasteiger partial charge is 0.330 e. The highest BCUT2D eigenvalue weighted by Crippen LogP contribution is 2.28. The Morgan fingerprint density at radius 3 is 2.76 bits per heavy atom. The van der Waals surface area contributed by atoms with Crippen LogP contribution in [0.5, 0.6) is 0 Å². The van der Waals surface area contributed by atoms with Gasteiger partial charge in [-0.25, -0.2) is 4.98 Å². The van der Waals surface area contributed by atoms with Gasteiger partial charge in [0.25, 0.3) is 0 Å². The predicted molar refractivity (Wildman–Crippen MR) is 68.0 cm³/mol. The van der Waals surface area contributed by atoms with Crippen LogP contribution in [0.15, 0.2) is 24.4 Å². The smallest absolute Gasteiger partial charge is 0.139 e. The van der Waals surface area contributed by atoms with E-state index in [0.29, 0.717) is 16.5 Å². The molecule has 86 valence electrons. The van der Waals surface area contributed by atoms with E-state index >= 15 is 0 Å². The quantitative estimate of drug-likeness (QED) is 0.835. The van der Waals surface area contributed by atoms with Crippen LogP contribution in [-0.2, 0) is 13.5 Å². The van der Waals surface area contributed by atoms with Crippen molar-refractivity contribution < 1.29 is 0 Å². The minimum absolute atomic E-state index is 0.338. The SMILES string of the molecule is Cn1c(CC#N)cnc1-c1ccc(Cl)c(Cl)c1. The Hall–Kier alpha value is -1.50. The van der Waals surface area contributed by atoms with Crippen molar-refractivity contribution in [3.05, 3.63) is 40.1 Å². The number of rotatable bonds is 2. The van der Waals surface area contributed by atoms with E-state index in [2.05, 4.69) is 11.1 Å². The topological polar surface area (TPSA) is 41.6 Å². The Morgan fingerprint density at radius 2 is 2.12 bits per heavy atom. The molecule has 0 saturated carbocycles. The maximum Gasteiger partial charge on any atom is 0.139 e. The van der Waals surface area contributed by atoms with Gasteiger partial charge in [-0.1, -0.05) is 23.2 Å². The molecule has 0 saturated heterocycles. The van der Waals surface area contributed by atoms with E-state index in [4.69, 9.17) is 28.5 Å². The van der Waals surface area contributed by atoms with Crippen LogP contribution in [0.4, 0.5) is 0 Å². The molecule has 1 aromatic heterocycles. The van der Waals surface area contributed by atoms with Crippen LogP contribution in [0.3, 0.4) is 0 Å². The fourth-order valence-corrected chi connectivity index (χ4v) is 1.89. The summed E-state index contributed by atoms with van der Waals surface area (Å²) in [5, 5.41) is 9.68. The number of imidazole rings is 1. The van der Waals surface area contributed by atoms with Gasteiger partial charge in [0.15, 0.2) is 0 Å². The van der Waals surface area contributed by atoms with Crippen LogP contribution in [0.1, 0.15) is 5.69 Å². The fraction of sp³-hybridized carbons (Fsp3) is 0.167. The molecule has 1 heterocycles. The number of nitriles is 1. The normalized spacial score (nSPS) is 10.2. The summed E-state index contributed by atoms with van der Waals surface area (Å²) in [5.74, 6) is 0.772. The summed E-state index contributed by atoms with van der Waals surface area (Å²) in [7, 11) is 1.87. The molecule has 0 atom stereocenters. The standard InChI is InChI=1S/C12H9Cl2N3/c1-17-9(4-5-15)7-16-12(17)8-2-3-10(13)11(14)6-8/h2-3,6-7H,4H2,1H3. The summed E-state index contributed by atoms with van der Waals surface area (Å²) >= 11 is 11.8. The number of aromatic nitrogens is 2. The summed E-state index contributed by atoms with van der Waals surface area (Å²) in [5.41, 5.74) is 1.75. The van der Waals surface area contributed by atoms with E-state index < -0.39 is 0 Å². The minimum Gasteiger partial charge on any atom is -0.330 e. The molecule has 2 rings (SSSR count). The van der Waals surface area contributed by atoms with E-state index in [1.807, 2.05) is 17.7 Å². The third-order valence-electron chi connectivity index (χ3n) is 2.52. The molecule has 0 unspecified atom stereocenters. The first-order chi connectivity index (χ1) is 8.13. The van der Waals surface area contributed by atoms with Gasteiger partial charge < -0.3 is 4.57 Å². The Labute approximate surface area is 109 Å². The van der Waals surface area contributed by atoms with Gasteiger partial charge in [0.1, 0.15) is 5.82 Å². The number of hydrogen-bond donors (Lipinski definition) is 0. The summed E-state index contributed by atoms with van der Waals surface area (Å²) < 4.78 is 1.88. The molecule has 0 aliphatic rings. The second-order valence-corrected chi connectivity index (χ2v) is 4.41. The first kappa shape index (κ1) is 12.0. The molecule has 0 bridgehead atoms. The molecule has 5 heteroatoms. The fourth-order valence-electron chi connectivity index (χ4n) is 1.59. The maximum absolute atomic E-state index is 8.67. The molecule has 0 fully saturated rings. The van der Waals surface area contributed by atoms with Gasteiger partial charge in [-0.3, -0.25) is 0 Å². The molecule has 0 radical (unpaired) electrons. The van der Waals surface area contributed by atoms with Crippen molar-refractivity contribution in [1.29, 1.82) is 5.26 Å². The van der Waals surface area contributed by atoms with E-state index in [1.54, 1.807) is 18.3 Å². The zero-order valence-electron chi connectivity index (χ0n) is 9.11. The molecular formula is C12H9Cl2N3. The second kappa shape index (κ2) is 4.79. The van der Waals surface area contributed by atoms with Gasteiger partial charge >= 0.3 is 0 Å². The summed E-state index contributed by atoms with van der Waals surface area (Å²) in [6, 6.07) is 7.46. The van der Waals surface area contributed by atoms with E-state index in [0.717, 1.165) is 17.1 Å². The van der Waals surface area contributed by atoms with Crippen molar-refractivity contribution in [3.63, 3.8) is 0 Å². The molecule has 1 aromatic carbocycles. The minimum atomic E-state index is 0.338. The molecule has 0 N–H and O–H groups in total. The van der Waals surface area contributed by atoms with Crippen molar-refractivity contribution in [2.45, 2.75) is 6.42 Å². The highest BCUT2D eigenvalue weighted by atomic mass is 35.5. The van der Waals surface area contributed by atoms with Crippen LogP contribution >= 0.6 is 23.2 Å². The zero-order valence-corrected chi connectivity index (χ0v) is 10.6. The maximum atomic E-state index is 8.67. The number of halogens is 2. The molecule has 2 aromatic rings. The van der Waals surface area contributed by atoms with Crippen molar-refractivity contribution >= 4 is 23.2 Å². The highest BCUT2D eigenvalue weighted by Gasteiger charge is 2.09.